The highest BCUT2D eigenvalue weighted by atomic mass is 35.5. The minimum absolute atomic E-state index is 0.156. The maximum absolute atomic E-state index is 12.9. The molecule has 3 aromatic rings. The van der Waals surface area contributed by atoms with E-state index in [1.54, 1.807) is 36.4 Å². The van der Waals surface area contributed by atoms with E-state index in [1.807, 2.05) is 24.3 Å². The molecule has 0 saturated carbocycles. The molecule has 0 aliphatic carbocycles. The van der Waals surface area contributed by atoms with Gasteiger partial charge in [0.1, 0.15) is 18.2 Å². The summed E-state index contributed by atoms with van der Waals surface area (Å²) in [4.78, 5) is 12.0. The first-order valence-corrected chi connectivity index (χ1v) is 9.18. The number of anilines is 1. The zero-order valence-electron chi connectivity index (χ0n) is 15.1. The predicted molar refractivity (Wildman–Crippen MR) is 109 cm³/mol. The third kappa shape index (κ3) is 6.37. The molecule has 144 valence electrons. The number of ether oxygens (including phenoxy) is 1. The molecule has 2 N–H and O–H groups in total. The number of rotatable bonds is 8. The van der Waals surface area contributed by atoms with Gasteiger partial charge in [0.25, 0.3) is 0 Å². The van der Waals surface area contributed by atoms with Crippen molar-refractivity contribution in [2.75, 3.05) is 11.9 Å². The van der Waals surface area contributed by atoms with E-state index in [0.717, 1.165) is 11.1 Å². The van der Waals surface area contributed by atoms with Gasteiger partial charge in [-0.3, -0.25) is 4.79 Å². The highest BCUT2D eigenvalue weighted by Gasteiger charge is 2.03. The van der Waals surface area contributed by atoms with Gasteiger partial charge in [-0.2, -0.15) is 0 Å². The smallest absolute Gasteiger partial charge is 0.238 e. The highest BCUT2D eigenvalue weighted by Crippen LogP contribution is 2.18. The SMILES string of the molecule is O=C(CNCc1ccc(F)cc1)Nc1ccc(OCc2ccc(Cl)cc2)cc1. The van der Waals surface area contributed by atoms with Gasteiger partial charge in [0.2, 0.25) is 5.91 Å². The van der Waals surface area contributed by atoms with E-state index < -0.39 is 0 Å². The van der Waals surface area contributed by atoms with Crippen LogP contribution in [0.5, 0.6) is 5.75 Å². The van der Waals surface area contributed by atoms with Gasteiger partial charge in [-0.1, -0.05) is 35.9 Å². The van der Waals surface area contributed by atoms with Crippen LogP contribution in [0.4, 0.5) is 10.1 Å². The van der Waals surface area contributed by atoms with Crippen molar-refractivity contribution in [3.8, 4) is 5.75 Å². The summed E-state index contributed by atoms with van der Waals surface area (Å²) in [5.74, 6) is 0.279. The molecule has 0 spiro atoms. The Bertz CT molecular complexity index is 897. The number of benzene rings is 3. The molecule has 1 amide bonds. The second kappa shape index (κ2) is 9.88. The standard InChI is InChI=1S/C22H20ClFN2O2/c23-18-5-1-17(2-6-18)15-28-21-11-9-20(10-12-21)26-22(27)14-25-13-16-3-7-19(24)8-4-16/h1-12,25H,13-15H2,(H,26,27). The van der Waals surface area contributed by atoms with Gasteiger partial charge in [0.05, 0.1) is 6.54 Å². The van der Waals surface area contributed by atoms with Crippen molar-refractivity contribution in [1.29, 1.82) is 0 Å². The molecule has 0 saturated heterocycles. The van der Waals surface area contributed by atoms with E-state index in [1.165, 1.54) is 12.1 Å². The molecular weight excluding hydrogens is 379 g/mol. The van der Waals surface area contributed by atoms with E-state index >= 15 is 0 Å². The van der Waals surface area contributed by atoms with Gasteiger partial charge < -0.3 is 15.4 Å². The molecule has 0 unspecified atom stereocenters. The first kappa shape index (κ1) is 19.9. The summed E-state index contributed by atoms with van der Waals surface area (Å²) in [6, 6.07) is 20.8. The number of hydrogen-bond donors (Lipinski definition) is 2. The molecule has 0 bridgehead atoms. The fraction of sp³-hybridized carbons (Fsp3) is 0.136. The lowest BCUT2D eigenvalue weighted by molar-refractivity contribution is -0.115. The molecule has 0 fully saturated rings. The quantitative estimate of drug-likeness (QED) is 0.573. The molecule has 6 heteroatoms. The number of hydrogen-bond acceptors (Lipinski definition) is 3. The lowest BCUT2D eigenvalue weighted by atomic mass is 10.2. The Hall–Kier alpha value is -2.89. The molecule has 3 rings (SSSR count). The van der Waals surface area contributed by atoms with E-state index in [-0.39, 0.29) is 18.3 Å². The minimum atomic E-state index is -0.276. The topological polar surface area (TPSA) is 50.4 Å². The van der Waals surface area contributed by atoms with Gasteiger partial charge in [-0.25, -0.2) is 4.39 Å². The van der Waals surface area contributed by atoms with Gasteiger partial charge in [-0.05, 0) is 59.7 Å². The molecule has 0 heterocycles. The Balaban J connectivity index is 1.41. The van der Waals surface area contributed by atoms with Crippen molar-refractivity contribution in [3.63, 3.8) is 0 Å². The second-order valence-electron chi connectivity index (χ2n) is 6.22. The lowest BCUT2D eigenvalue weighted by Crippen LogP contribution is -2.27. The van der Waals surface area contributed by atoms with Crippen molar-refractivity contribution in [3.05, 3.63) is 94.8 Å². The molecule has 4 nitrogen and oxygen atoms in total. The molecule has 0 radical (unpaired) electrons. The second-order valence-corrected chi connectivity index (χ2v) is 6.65. The number of carbonyl (C=O) groups excluding carboxylic acids is 1. The summed E-state index contributed by atoms with van der Waals surface area (Å²) < 4.78 is 18.6. The Morgan fingerprint density at radius 3 is 2.21 bits per heavy atom. The summed E-state index contributed by atoms with van der Waals surface area (Å²) in [6.07, 6.45) is 0. The van der Waals surface area contributed by atoms with E-state index in [4.69, 9.17) is 16.3 Å². The van der Waals surface area contributed by atoms with E-state index in [2.05, 4.69) is 10.6 Å². The van der Waals surface area contributed by atoms with Crippen molar-refractivity contribution < 1.29 is 13.9 Å². The minimum Gasteiger partial charge on any atom is -0.489 e. The molecule has 28 heavy (non-hydrogen) atoms. The zero-order chi connectivity index (χ0) is 19.8. The van der Waals surface area contributed by atoms with Gasteiger partial charge in [-0.15, -0.1) is 0 Å². The van der Waals surface area contributed by atoms with Gasteiger partial charge in [0.15, 0.2) is 0 Å². The number of carbonyl (C=O) groups is 1. The molecular formula is C22H20ClFN2O2. The first-order valence-electron chi connectivity index (χ1n) is 8.81. The van der Waals surface area contributed by atoms with Crippen molar-refractivity contribution in [2.45, 2.75) is 13.2 Å². The van der Waals surface area contributed by atoms with Crippen LogP contribution >= 0.6 is 11.6 Å². The monoisotopic (exact) mass is 398 g/mol. The number of halogens is 2. The number of nitrogens with one attached hydrogen (secondary N) is 2. The highest BCUT2D eigenvalue weighted by molar-refractivity contribution is 6.30. The van der Waals surface area contributed by atoms with Gasteiger partial charge >= 0.3 is 0 Å². The van der Waals surface area contributed by atoms with Crippen LogP contribution in [-0.4, -0.2) is 12.5 Å². The van der Waals surface area contributed by atoms with E-state index in [0.29, 0.717) is 29.6 Å². The summed E-state index contributed by atoms with van der Waals surface area (Å²) in [5.41, 5.74) is 2.62. The average Bonchev–Trinajstić information content (AvgIpc) is 2.70. The van der Waals surface area contributed by atoms with Crippen molar-refractivity contribution in [1.82, 2.24) is 5.32 Å². The van der Waals surface area contributed by atoms with Crippen molar-refractivity contribution >= 4 is 23.2 Å². The lowest BCUT2D eigenvalue weighted by Gasteiger charge is -2.09. The summed E-state index contributed by atoms with van der Waals surface area (Å²) in [6.45, 7) is 1.09. The maximum atomic E-state index is 12.9. The third-order valence-corrected chi connectivity index (χ3v) is 4.24. The molecule has 0 aliphatic rings. The van der Waals surface area contributed by atoms with Crippen LogP contribution in [0.2, 0.25) is 5.02 Å². The first-order chi connectivity index (χ1) is 13.6. The molecule has 0 atom stereocenters. The molecule has 3 aromatic carbocycles. The van der Waals surface area contributed by atoms with Crippen LogP contribution in [0, 0.1) is 5.82 Å². The summed E-state index contributed by atoms with van der Waals surface area (Å²) >= 11 is 5.86. The Labute approximate surface area is 168 Å². The number of amides is 1. The fourth-order valence-electron chi connectivity index (χ4n) is 2.51. The van der Waals surface area contributed by atoms with Crippen LogP contribution in [0.3, 0.4) is 0 Å². The van der Waals surface area contributed by atoms with Gasteiger partial charge in [0, 0.05) is 17.3 Å². The summed E-state index contributed by atoms with van der Waals surface area (Å²) in [5, 5.41) is 6.53. The van der Waals surface area contributed by atoms with E-state index in [9.17, 15) is 9.18 Å². The van der Waals surface area contributed by atoms with Crippen LogP contribution in [-0.2, 0) is 17.9 Å². The zero-order valence-corrected chi connectivity index (χ0v) is 15.9. The normalized spacial score (nSPS) is 10.5. The van der Waals surface area contributed by atoms with Crippen LogP contribution in [0.25, 0.3) is 0 Å². The van der Waals surface area contributed by atoms with Crippen LogP contribution in [0.1, 0.15) is 11.1 Å². The van der Waals surface area contributed by atoms with Crippen molar-refractivity contribution in [2.24, 2.45) is 0 Å². The predicted octanol–water partition coefficient (Wildman–Crippen LogP) is 4.79. The largest absolute Gasteiger partial charge is 0.489 e. The molecule has 0 aromatic heterocycles. The fourth-order valence-corrected chi connectivity index (χ4v) is 2.64. The Morgan fingerprint density at radius 2 is 1.54 bits per heavy atom. The molecule has 0 aliphatic heterocycles. The summed E-state index contributed by atoms with van der Waals surface area (Å²) in [7, 11) is 0. The average molecular weight is 399 g/mol. The Kier molecular flexibility index (Phi) is 7.00. The third-order valence-electron chi connectivity index (χ3n) is 3.98. The van der Waals surface area contributed by atoms with Crippen LogP contribution in [0.15, 0.2) is 72.8 Å². The Morgan fingerprint density at radius 1 is 0.893 bits per heavy atom. The van der Waals surface area contributed by atoms with Crippen LogP contribution < -0.4 is 15.4 Å². The maximum Gasteiger partial charge on any atom is 0.238 e.